The fourth-order valence-corrected chi connectivity index (χ4v) is 0.966. The van der Waals surface area contributed by atoms with Crippen molar-refractivity contribution in [2.75, 3.05) is 0 Å². The Balaban J connectivity index is 0.00000121. The van der Waals surface area contributed by atoms with Gasteiger partial charge in [-0.2, -0.15) is 0 Å². The summed E-state index contributed by atoms with van der Waals surface area (Å²) >= 11 is 3.11. The van der Waals surface area contributed by atoms with Crippen LogP contribution in [-0.4, -0.2) is 15.9 Å². The third-order valence-corrected chi connectivity index (χ3v) is 1.72. The third kappa shape index (κ3) is 3.35. The van der Waals surface area contributed by atoms with Crippen molar-refractivity contribution in [2.45, 2.75) is 6.42 Å². The summed E-state index contributed by atoms with van der Waals surface area (Å²) in [4.78, 5) is 17.5. The van der Waals surface area contributed by atoms with Gasteiger partial charge in [-0.15, -0.1) is 0 Å². The minimum Gasteiger partial charge on any atom is -0.550 e. The first-order chi connectivity index (χ1) is 5.20. The molecule has 0 aliphatic heterocycles. The van der Waals surface area contributed by atoms with E-state index in [9.17, 15) is 9.90 Å². The number of hydrogen-bond donors (Lipinski definition) is 0. The van der Waals surface area contributed by atoms with Crippen LogP contribution in [0.4, 0.5) is 0 Å². The van der Waals surface area contributed by atoms with Crippen molar-refractivity contribution < 1.29 is 28.8 Å². The van der Waals surface area contributed by atoms with E-state index in [4.69, 9.17) is 0 Å². The van der Waals surface area contributed by atoms with Gasteiger partial charge in [0.25, 0.3) is 0 Å². The summed E-state index contributed by atoms with van der Waals surface area (Å²) in [5.74, 6) is -1.15. The monoisotopic (exact) mass is 222 g/mol. The maximum Gasteiger partial charge on any atom is 1.00 e. The summed E-state index contributed by atoms with van der Waals surface area (Å²) < 4.78 is 0.587. The van der Waals surface area contributed by atoms with Crippen molar-refractivity contribution in [1.82, 2.24) is 9.97 Å². The molecule has 0 saturated carbocycles. The molecule has 0 unspecified atom stereocenters. The third-order valence-electron chi connectivity index (χ3n) is 1.06. The topological polar surface area (TPSA) is 65.9 Å². The normalized spacial score (nSPS) is 8.75. The zero-order chi connectivity index (χ0) is 8.27. The first-order valence-electron chi connectivity index (χ1n) is 2.84. The molecule has 0 aliphatic carbocycles. The van der Waals surface area contributed by atoms with Crippen LogP contribution in [-0.2, 0) is 11.2 Å². The van der Waals surface area contributed by atoms with Gasteiger partial charge in [0.2, 0.25) is 0 Å². The van der Waals surface area contributed by atoms with Gasteiger partial charge in [0.15, 0.2) is 0 Å². The second kappa shape index (κ2) is 5.30. The van der Waals surface area contributed by atoms with Gasteiger partial charge >= 0.3 is 18.9 Å². The first kappa shape index (κ1) is 11.6. The number of carboxylic acid groups (broad SMARTS) is 1. The average Bonchev–Trinajstić information content (AvgIpc) is 1.93. The first-order valence-corrected chi connectivity index (χ1v) is 3.63. The van der Waals surface area contributed by atoms with E-state index in [1.54, 1.807) is 0 Å². The van der Waals surface area contributed by atoms with Crippen molar-refractivity contribution in [2.24, 2.45) is 0 Å². The molecule has 1 aromatic rings. The molecule has 0 radical (unpaired) electrons. The largest absolute Gasteiger partial charge is 1.00 e. The fourth-order valence-electron chi connectivity index (χ4n) is 0.605. The number of aromatic nitrogens is 2. The number of halogens is 1. The number of hydrogen-bond acceptors (Lipinski definition) is 4. The molecule has 0 saturated heterocycles. The number of carbonyl (C=O) groups is 1. The van der Waals surface area contributed by atoms with Gasteiger partial charge in [-0.1, -0.05) is 0 Å². The van der Waals surface area contributed by atoms with Crippen molar-refractivity contribution in [1.29, 1.82) is 0 Å². The average molecular weight is 223 g/mol. The summed E-state index contributed by atoms with van der Waals surface area (Å²) in [5.41, 5.74) is 0.431. The van der Waals surface area contributed by atoms with Crippen LogP contribution in [0.2, 0.25) is 0 Å². The summed E-state index contributed by atoms with van der Waals surface area (Å²) in [6.07, 6.45) is 2.59. The van der Waals surface area contributed by atoms with Gasteiger partial charge < -0.3 is 9.90 Å². The van der Waals surface area contributed by atoms with Gasteiger partial charge in [-0.25, -0.2) is 9.97 Å². The van der Waals surface area contributed by atoms with Crippen LogP contribution in [0.15, 0.2) is 17.0 Å². The van der Waals surface area contributed by atoms with Crippen LogP contribution < -0.4 is 24.0 Å². The number of aliphatic carboxylic acids is 1. The van der Waals surface area contributed by atoms with E-state index in [2.05, 4.69) is 25.9 Å². The van der Waals surface area contributed by atoms with Gasteiger partial charge in [0, 0.05) is 18.6 Å². The van der Waals surface area contributed by atoms with Crippen molar-refractivity contribution in [3.05, 3.63) is 22.7 Å². The second-order valence-electron chi connectivity index (χ2n) is 1.87. The van der Waals surface area contributed by atoms with E-state index < -0.39 is 5.97 Å². The quantitative estimate of drug-likeness (QED) is 0.488. The maximum atomic E-state index is 10.1. The molecular formula is C6H4BrLiN2O2. The second-order valence-corrected chi connectivity index (χ2v) is 2.72. The molecule has 0 aliphatic rings. The molecule has 0 spiro atoms. The molecule has 1 rings (SSSR count). The molecule has 12 heavy (non-hydrogen) atoms. The van der Waals surface area contributed by atoms with E-state index in [-0.39, 0.29) is 25.3 Å². The van der Waals surface area contributed by atoms with E-state index >= 15 is 0 Å². The van der Waals surface area contributed by atoms with Crippen LogP contribution in [0.5, 0.6) is 0 Å². The maximum absolute atomic E-state index is 10.1. The van der Waals surface area contributed by atoms with Crippen molar-refractivity contribution >= 4 is 21.9 Å². The number of nitrogens with zero attached hydrogens (tertiary/aromatic N) is 2. The molecule has 0 N–H and O–H groups in total. The summed E-state index contributed by atoms with van der Waals surface area (Å²) in [7, 11) is 0. The van der Waals surface area contributed by atoms with E-state index in [1.165, 1.54) is 12.5 Å². The van der Waals surface area contributed by atoms with Crippen molar-refractivity contribution in [3.63, 3.8) is 0 Å². The van der Waals surface area contributed by atoms with Crippen LogP contribution in [0.1, 0.15) is 5.69 Å². The summed E-state index contributed by atoms with van der Waals surface area (Å²) in [5, 5.41) is 10.1. The van der Waals surface area contributed by atoms with Crippen LogP contribution >= 0.6 is 15.9 Å². The SMILES string of the molecule is O=C([O-])Cc1ncncc1Br.[Li+]. The summed E-state index contributed by atoms with van der Waals surface area (Å²) in [6, 6.07) is 0. The molecule has 58 valence electrons. The van der Waals surface area contributed by atoms with Crippen molar-refractivity contribution in [3.8, 4) is 0 Å². The molecule has 4 nitrogen and oxygen atoms in total. The molecule has 0 amide bonds. The van der Waals surface area contributed by atoms with E-state index in [0.29, 0.717) is 10.2 Å². The van der Waals surface area contributed by atoms with E-state index in [0.717, 1.165) is 0 Å². The molecule has 0 aromatic carbocycles. The van der Waals surface area contributed by atoms with Crippen LogP contribution in [0, 0.1) is 0 Å². The molecule has 0 bridgehead atoms. The van der Waals surface area contributed by atoms with Gasteiger partial charge in [0.05, 0.1) is 10.2 Å². The Bertz CT molecular complexity index is 282. The van der Waals surface area contributed by atoms with Gasteiger partial charge in [-0.05, 0) is 15.9 Å². The number of rotatable bonds is 2. The molecule has 1 heterocycles. The molecule has 6 heteroatoms. The Morgan fingerprint density at radius 3 is 2.83 bits per heavy atom. The standard InChI is InChI=1S/C6H5BrN2O2.Li/c7-4-2-8-3-9-5(4)1-6(10)11;/h2-3H,1H2,(H,10,11);/q;+1/p-1. The number of carboxylic acids is 1. The van der Waals surface area contributed by atoms with Gasteiger partial charge in [-0.3, -0.25) is 0 Å². The predicted octanol–water partition coefficient (Wildman–Crippen LogP) is -3.46. The zero-order valence-corrected chi connectivity index (χ0v) is 8.04. The molecule has 1 aromatic heterocycles. The Kier molecular flexibility index (Phi) is 5.14. The predicted molar refractivity (Wildman–Crippen MR) is 38.4 cm³/mol. The van der Waals surface area contributed by atoms with Gasteiger partial charge in [0.1, 0.15) is 6.33 Å². The Morgan fingerprint density at radius 2 is 2.33 bits per heavy atom. The fraction of sp³-hybridized carbons (Fsp3) is 0.167. The smallest absolute Gasteiger partial charge is 0.550 e. The van der Waals surface area contributed by atoms with Crippen LogP contribution in [0.3, 0.4) is 0 Å². The number of carbonyl (C=O) groups excluding carboxylic acids is 1. The zero-order valence-electron chi connectivity index (χ0n) is 6.45. The molecule has 0 fully saturated rings. The molecular weight excluding hydrogens is 219 g/mol. The van der Waals surface area contributed by atoms with Crippen LogP contribution in [0.25, 0.3) is 0 Å². The molecule has 0 atom stereocenters. The Morgan fingerprint density at radius 1 is 1.67 bits per heavy atom. The summed E-state index contributed by atoms with van der Waals surface area (Å²) in [6.45, 7) is 0. The minimum absolute atomic E-state index is 0. The van der Waals surface area contributed by atoms with E-state index in [1.807, 2.05) is 0 Å². The minimum atomic E-state index is -1.15. The Hall–Kier alpha value is -0.373. The Labute approximate surface area is 89.7 Å².